The third-order valence-corrected chi connectivity index (χ3v) is 16.6. The van der Waals surface area contributed by atoms with E-state index >= 15 is 0 Å². The molecule has 6 fully saturated rings. The monoisotopic (exact) mass is 669 g/mol. The Kier molecular flexibility index (Phi) is 8.66. The van der Waals surface area contributed by atoms with Gasteiger partial charge in [0.2, 0.25) is 5.91 Å². The summed E-state index contributed by atoms with van der Waals surface area (Å²) in [5.74, 6) is 3.85. The zero-order valence-electron chi connectivity index (χ0n) is 30.9. The number of aromatic carboxylic acids is 1. The second kappa shape index (κ2) is 12.5. The molecule has 4 unspecified atom stereocenters. The second-order valence-corrected chi connectivity index (χ2v) is 18.8. The van der Waals surface area contributed by atoms with Gasteiger partial charge in [-0.15, -0.1) is 0 Å². The lowest BCUT2D eigenvalue weighted by Gasteiger charge is -2.68. The molecule has 1 aromatic carbocycles. The number of hydrogen-bond acceptors (Lipinski definition) is 4. The van der Waals surface area contributed by atoms with Crippen molar-refractivity contribution in [1.29, 1.82) is 0 Å². The molecule has 1 aromatic rings. The second-order valence-electron chi connectivity index (χ2n) is 18.8. The quantitative estimate of drug-likeness (QED) is 0.307. The number of carbonyl (C=O) groups excluding carboxylic acids is 1. The highest BCUT2D eigenvalue weighted by Crippen LogP contribution is 2.72. The van der Waals surface area contributed by atoms with Crippen molar-refractivity contribution in [3.63, 3.8) is 0 Å². The van der Waals surface area contributed by atoms with Gasteiger partial charge in [-0.2, -0.15) is 0 Å². The summed E-state index contributed by atoms with van der Waals surface area (Å²) in [5.41, 5.74) is 4.12. The predicted octanol–water partition coefficient (Wildman–Crippen LogP) is 8.13. The van der Waals surface area contributed by atoms with E-state index in [9.17, 15) is 14.7 Å². The first-order chi connectivity index (χ1) is 23.5. The fourth-order valence-corrected chi connectivity index (χ4v) is 14.0. The third-order valence-electron chi connectivity index (χ3n) is 16.6. The molecule has 6 nitrogen and oxygen atoms in total. The van der Waals surface area contributed by atoms with Crippen molar-refractivity contribution >= 4 is 17.4 Å². The van der Waals surface area contributed by atoms with E-state index in [1.165, 1.54) is 75.3 Å². The largest absolute Gasteiger partial charge is 0.478 e. The third kappa shape index (κ3) is 5.47. The van der Waals surface area contributed by atoms with Crippen molar-refractivity contribution in [3.8, 4) is 0 Å². The van der Waals surface area contributed by atoms with Crippen molar-refractivity contribution in [3.05, 3.63) is 41.5 Å². The van der Waals surface area contributed by atoms with E-state index in [1.807, 2.05) is 12.1 Å². The molecule has 6 heteroatoms. The first-order valence-corrected chi connectivity index (χ1v) is 20.3. The van der Waals surface area contributed by atoms with E-state index in [2.05, 4.69) is 48.9 Å². The Morgan fingerprint density at radius 1 is 0.796 bits per heavy atom. The first kappa shape index (κ1) is 33.9. The minimum atomic E-state index is -0.852. The van der Waals surface area contributed by atoms with Gasteiger partial charge in [0.1, 0.15) is 0 Å². The van der Waals surface area contributed by atoms with Crippen LogP contribution in [0.15, 0.2) is 30.3 Å². The van der Waals surface area contributed by atoms with Gasteiger partial charge < -0.3 is 15.3 Å². The topological polar surface area (TPSA) is 72.9 Å². The zero-order chi connectivity index (χ0) is 34.2. The van der Waals surface area contributed by atoms with Crippen molar-refractivity contribution in [1.82, 2.24) is 15.1 Å². The molecule has 0 aromatic heterocycles. The van der Waals surface area contributed by atoms with Crippen LogP contribution in [-0.2, 0) is 4.79 Å². The molecule has 0 radical (unpaired) electrons. The van der Waals surface area contributed by atoms with Gasteiger partial charge in [-0.3, -0.25) is 9.69 Å². The number of piperazine rings is 1. The van der Waals surface area contributed by atoms with E-state index in [0.29, 0.717) is 39.7 Å². The lowest BCUT2D eigenvalue weighted by atomic mass is 9.37. The highest BCUT2D eigenvalue weighted by atomic mass is 16.4. The molecule has 49 heavy (non-hydrogen) atoms. The molecule has 2 N–H and O–H groups in total. The summed E-state index contributed by atoms with van der Waals surface area (Å²) in [6.07, 6.45) is 19.5. The fraction of sp³-hybridized carbons (Fsp3) is 0.767. The van der Waals surface area contributed by atoms with Crippen LogP contribution in [0.5, 0.6) is 0 Å². The maximum Gasteiger partial charge on any atom is 0.335 e. The number of nitrogens with one attached hydrogen (secondary N) is 1. The highest BCUT2D eigenvalue weighted by Gasteiger charge is 2.65. The summed E-state index contributed by atoms with van der Waals surface area (Å²) < 4.78 is 0. The van der Waals surface area contributed by atoms with Crippen molar-refractivity contribution in [2.45, 2.75) is 117 Å². The number of allylic oxidation sites excluding steroid dienone is 2. The summed E-state index contributed by atoms with van der Waals surface area (Å²) in [6.45, 7) is 16.5. The molecule has 0 spiro atoms. The zero-order valence-corrected chi connectivity index (χ0v) is 30.9. The summed E-state index contributed by atoms with van der Waals surface area (Å²) in [7, 11) is 0. The van der Waals surface area contributed by atoms with Gasteiger partial charge in [0.05, 0.1) is 5.56 Å². The molecule has 1 aliphatic heterocycles. The van der Waals surface area contributed by atoms with Gasteiger partial charge in [-0.25, -0.2) is 4.79 Å². The Balaban J connectivity index is 0.928. The Morgan fingerprint density at radius 2 is 1.55 bits per heavy atom. The molecular weight excluding hydrogens is 606 g/mol. The van der Waals surface area contributed by atoms with Crippen molar-refractivity contribution < 1.29 is 14.7 Å². The molecule has 8 atom stereocenters. The number of hydrogen-bond donors (Lipinski definition) is 2. The summed E-state index contributed by atoms with van der Waals surface area (Å²) in [4.78, 5) is 29.0. The SMILES string of the molecule is CC1(C)C(c2ccc(C(=O)O)cc2)=CC[C@@]2(C)C1CC[C@@]1(C)C3CC[C@@]4(NCCN5CCN(C(=O)C6CCC6)CC5)CCCC4[C@H]3CCC12. The van der Waals surface area contributed by atoms with Crippen LogP contribution >= 0.6 is 0 Å². The van der Waals surface area contributed by atoms with Crippen LogP contribution in [0.4, 0.5) is 0 Å². The molecule has 1 saturated heterocycles. The number of carboxylic acid groups (broad SMARTS) is 1. The van der Waals surface area contributed by atoms with Crippen LogP contribution in [0, 0.1) is 51.8 Å². The summed E-state index contributed by atoms with van der Waals surface area (Å²) >= 11 is 0. The van der Waals surface area contributed by atoms with Crippen LogP contribution in [0.3, 0.4) is 0 Å². The van der Waals surface area contributed by atoms with E-state index in [4.69, 9.17) is 0 Å². The van der Waals surface area contributed by atoms with Crippen LogP contribution in [-0.4, -0.2) is 71.6 Å². The number of fused-ring (bicyclic) bond motifs is 7. The predicted molar refractivity (Wildman–Crippen MR) is 196 cm³/mol. The fourth-order valence-electron chi connectivity index (χ4n) is 14.0. The van der Waals surface area contributed by atoms with E-state index in [-0.39, 0.29) is 5.41 Å². The number of benzene rings is 1. The van der Waals surface area contributed by atoms with Gasteiger partial charge in [0.15, 0.2) is 0 Å². The Labute approximate surface area is 295 Å². The maximum atomic E-state index is 12.7. The average Bonchev–Trinajstić information content (AvgIpc) is 3.48. The van der Waals surface area contributed by atoms with E-state index in [0.717, 1.165) is 82.2 Å². The lowest BCUT2D eigenvalue weighted by Crippen LogP contribution is -2.64. The van der Waals surface area contributed by atoms with Crippen LogP contribution in [0.1, 0.15) is 127 Å². The Morgan fingerprint density at radius 3 is 2.24 bits per heavy atom. The minimum absolute atomic E-state index is 0.0613. The van der Waals surface area contributed by atoms with Gasteiger partial charge in [-0.05, 0) is 140 Å². The summed E-state index contributed by atoms with van der Waals surface area (Å²) in [5, 5.41) is 13.7. The van der Waals surface area contributed by atoms with Gasteiger partial charge >= 0.3 is 5.97 Å². The molecule has 0 bridgehead atoms. The number of nitrogens with zero attached hydrogens (tertiary/aromatic N) is 2. The van der Waals surface area contributed by atoms with E-state index < -0.39 is 5.97 Å². The smallest absolute Gasteiger partial charge is 0.335 e. The average molecular weight is 670 g/mol. The Bertz CT molecular complexity index is 1460. The van der Waals surface area contributed by atoms with Gasteiger partial charge in [-0.1, -0.05) is 58.7 Å². The van der Waals surface area contributed by atoms with Crippen LogP contribution in [0.25, 0.3) is 5.57 Å². The van der Waals surface area contributed by atoms with Gasteiger partial charge in [0, 0.05) is 50.7 Å². The molecule has 1 amide bonds. The Hall–Kier alpha value is -2.18. The standard InChI is InChI=1S/C43H63N3O3/c1-40(2)33(29-10-12-31(13-11-29)39(48)49)16-20-42(4)36(40)18-21-41(3)34-17-22-43(19-6-9-35(43)32(34)14-15-37(41)42)44-23-24-45-25-27-46(28-26-45)38(47)30-7-5-8-30/h10-13,16,30,32,34-37,44H,5-9,14-15,17-28H2,1-4H3,(H,48,49)/t32-,34?,35?,36?,37?,41-,42-,43-/m0/s1. The summed E-state index contributed by atoms with van der Waals surface area (Å²) in [6, 6.07) is 7.65. The minimum Gasteiger partial charge on any atom is -0.478 e. The number of carboxylic acids is 1. The molecular formula is C43H63N3O3. The molecule has 7 aliphatic rings. The normalized spacial score (nSPS) is 40.3. The van der Waals surface area contributed by atoms with Gasteiger partial charge in [0.25, 0.3) is 0 Å². The maximum absolute atomic E-state index is 12.7. The lowest BCUT2D eigenvalue weighted by molar-refractivity contribution is -0.172. The van der Waals surface area contributed by atoms with Crippen LogP contribution < -0.4 is 5.32 Å². The molecule has 6 aliphatic carbocycles. The van der Waals surface area contributed by atoms with Crippen molar-refractivity contribution in [2.75, 3.05) is 39.3 Å². The number of carbonyl (C=O) groups is 2. The first-order valence-electron chi connectivity index (χ1n) is 20.3. The van der Waals surface area contributed by atoms with Crippen molar-refractivity contribution in [2.24, 2.45) is 51.8 Å². The molecule has 8 rings (SSSR count). The highest BCUT2D eigenvalue weighted by molar-refractivity contribution is 5.88. The molecule has 5 saturated carbocycles. The van der Waals surface area contributed by atoms with E-state index in [1.54, 1.807) is 12.1 Å². The number of rotatable bonds is 7. The molecule has 268 valence electrons. The van der Waals surface area contributed by atoms with Crippen LogP contribution in [0.2, 0.25) is 0 Å². The number of amides is 1. The molecule has 1 heterocycles.